The van der Waals surface area contributed by atoms with Gasteiger partial charge in [0.1, 0.15) is 5.56 Å². The van der Waals surface area contributed by atoms with E-state index < -0.39 is 0 Å². The van der Waals surface area contributed by atoms with Crippen LogP contribution in [0.25, 0.3) is 0 Å². The lowest BCUT2D eigenvalue weighted by Gasteiger charge is -2.25. The van der Waals surface area contributed by atoms with Crippen molar-refractivity contribution < 1.29 is 9.59 Å². The van der Waals surface area contributed by atoms with Crippen molar-refractivity contribution >= 4 is 28.3 Å². The summed E-state index contributed by atoms with van der Waals surface area (Å²) in [4.78, 5) is 44.2. The monoisotopic (exact) mass is 372 g/mol. The molecule has 0 saturated heterocycles. The van der Waals surface area contributed by atoms with Crippen LogP contribution in [0.4, 0.5) is 5.13 Å². The maximum absolute atomic E-state index is 12.7. The molecule has 3 heterocycles. The molecule has 0 unspecified atom stereocenters. The number of thiazole rings is 1. The highest BCUT2D eigenvalue weighted by atomic mass is 32.1. The first-order valence-corrected chi connectivity index (χ1v) is 9.59. The molecule has 1 N–H and O–H groups in total. The fourth-order valence-electron chi connectivity index (χ4n) is 3.23. The SMILES string of the molecule is Cn1cccc(C(=O)N2CCc3nc(NC(=O)C4CCC4)sc3C2)c1=O. The fourth-order valence-corrected chi connectivity index (χ4v) is 4.26. The number of nitrogens with one attached hydrogen (secondary N) is 1. The molecule has 0 spiro atoms. The molecule has 2 aromatic heterocycles. The first kappa shape index (κ1) is 17.0. The van der Waals surface area contributed by atoms with Crippen LogP contribution in [0.2, 0.25) is 0 Å². The van der Waals surface area contributed by atoms with Gasteiger partial charge in [-0.15, -0.1) is 0 Å². The zero-order chi connectivity index (χ0) is 18.3. The molecule has 1 fully saturated rings. The first-order valence-electron chi connectivity index (χ1n) is 8.77. The highest BCUT2D eigenvalue weighted by Gasteiger charge is 2.29. The van der Waals surface area contributed by atoms with Gasteiger partial charge >= 0.3 is 0 Å². The van der Waals surface area contributed by atoms with Crippen LogP contribution in [0, 0.1) is 5.92 Å². The summed E-state index contributed by atoms with van der Waals surface area (Å²) >= 11 is 1.42. The zero-order valence-electron chi connectivity index (χ0n) is 14.5. The lowest BCUT2D eigenvalue weighted by molar-refractivity contribution is -0.122. The number of anilines is 1. The largest absolute Gasteiger partial charge is 0.333 e. The van der Waals surface area contributed by atoms with Gasteiger partial charge in [0.05, 0.1) is 12.2 Å². The summed E-state index contributed by atoms with van der Waals surface area (Å²) in [5.41, 5.74) is 0.825. The van der Waals surface area contributed by atoms with Crippen LogP contribution in [0.1, 0.15) is 40.2 Å². The number of fused-ring (bicyclic) bond motifs is 1. The molecule has 1 aliphatic carbocycles. The van der Waals surface area contributed by atoms with Gasteiger partial charge in [-0.3, -0.25) is 14.4 Å². The number of carbonyl (C=O) groups is 2. The van der Waals surface area contributed by atoms with Gasteiger partial charge in [0.2, 0.25) is 5.91 Å². The topological polar surface area (TPSA) is 84.3 Å². The minimum atomic E-state index is -0.291. The third-order valence-corrected chi connectivity index (χ3v) is 6.08. The van der Waals surface area contributed by atoms with E-state index in [4.69, 9.17) is 0 Å². The second kappa shape index (κ2) is 6.68. The minimum absolute atomic E-state index is 0.0445. The van der Waals surface area contributed by atoms with E-state index in [1.165, 1.54) is 15.9 Å². The van der Waals surface area contributed by atoms with Gasteiger partial charge in [0, 0.05) is 37.0 Å². The van der Waals surface area contributed by atoms with E-state index in [1.807, 2.05) is 0 Å². The lowest BCUT2D eigenvalue weighted by Crippen LogP contribution is -2.39. The Morgan fingerprint density at radius 1 is 1.35 bits per heavy atom. The molecule has 1 aliphatic heterocycles. The molecule has 4 rings (SSSR count). The van der Waals surface area contributed by atoms with Gasteiger partial charge in [0.25, 0.3) is 11.5 Å². The Balaban J connectivity index is 1.49. The molecule has 2 amide bonds. The minimum Gasteiger partial charge on any atom is -0.333 e. The number of carbonyl (C=O) groups excluding carboxylic acids is 2. The molecule has 0 bridgehead atoms. The van der Waals surface area contributed by atoms with Crippen molar-refractivity contribution in [3.05, 3.63) is 44.8 Å². The van der Waals surface area contributed by atoms with Crippen molar-refractivity contribution in [1.29, 1.82) is 0 Å². The summed E-state index contributed by atoms with van der Waals surface area (Å²) in [6.45, 7) is 0.937. The number of hydrogen-bond donors (Lipinski definition) is 1. The molecule has 0 atom stereocenters. The van der Waals surface area contributed by atoms with Gasteiger partial charge in [-0.25, -0.2) is 4.98 Å². The van der Waals surface area contributed by atoms with Gasteiger partial charge in [-0.1, -0.05) is 17.8 Å². The van der Waals surface area contributed by atoms with E-state index in [0.717, 1.165) is 29.8 Å². The number of nitrogens with zero attached hydrogens (tertiary/aromatic N) is 3. The molecule has 2 aliphatic rings. The number of amides is 2. The second-order valence-electron chi connectivity index (χ2n) is 6.82. The first-order chi connectivity index (χ1) is 12.5. The van der Waals surface area contributed by atoms with Crippen LogP contribution < -0.4 is 10.9 Å². The van der Waals surface area contributed by atoms with E-state index in [0.29, 0.717) is 24.6 Å². The summed E-state index contributed by atoms with van der Waals surface area (Å²) in [5, 5.41) is 3.51. The number of aromatic nitrogens is 2. The number of rotatable bonds is 3. The number of pyridine rings is 1. The maximum atomic E-state index is 12.7. The molecular formula is C18H20N4O3S. The maximum Gasteiger partial charge on any atom is 0.263 e. The molecule has 7 nitrogen and oxygen atoms in total. The van der Waals surface area contributed by atoms with Crippen molar-refractivity contribution in [2.24, 2.45) is 13.0 Å². The standard InChI is InChI=1S/C18H20N4O3S/c1-21-8-3-6-12(16(21)24)17(25)22-9-7-13-14(10-22)26-18(19-13)20-15(23)11-4-2-5-11/h3,6,8,11H,2,4-5,7,9-10H2,1H3,(H,19,20,23). The summed E-state index contributed by atoms with van der Waals surface area (Å²) < 4.78 is 1.41. The Kier molecular flexibility index (Phi) is 4.36. The van der Waals surface area contributed by atoms with Crippen LogP contribution in [0.3, 0.4) is 0 Å². The van der Waals surface area contributed by atoms with Crippen molar-refractivity contribution in [1.82, 2.24) is 14.5 Å². The fraction of sp³-hybridized carbons (Fsp3) is 0.444. The van der Waals surface area contributed by atoms with Crippen LogP contribution in [0.5, 0.6) is 0 Å². The quantitative estimate of drug-likeness (QED) is 0.890. The summed E-state index contributed by atoms with van der Waals surface area (Å²) in [6, 6.07) is 3.27. The van der Waals surface area contributed by atoms with Crippen LogP contribution in [-0.2, 0) is 24.8 Å². The number of aryl methyl sites for hydroxylation is 1. The third kappa shape index (κ3) is 3.05. The summed E-state index contributed by atoms with van der Waals surface area (Å²) in [5.74, 6) is -0.100. The van der Waals surface area contributed by atoms with Crippen LogP contribution in [0.15, 0.2) is 23.1 Å². The van der Waals surface area contributed by atoms with E-state index in [9.17, 15) is 14.4 Å². The summed E-state index contributed by atoms with van der Waals surface area (Å²) in [7, 11) is 1.63. The van der Waals surface area contributed by atoms with E-state index >= 15 is 0 Å². The molecule has 136 valence electrons. The zero-order valence-corrected chi connectivity index (χ0v) is 15.3. The van der Waals surface area contributed by atoms with Crippen molar-refractivity contribution in [3.8, 4) is 0 Å². The average molecular weight is 372 g/mol. The van der Waals surface area contributed by atoms with Gasteiger partial charge in [-0.2, -0.15) is 0 Å². The van der Waals surface area contributed by atoms with Gasteiger partial charge in [-0.05, 0) is 25.0 Å². The molecule has 26 heavy (non-hydrogen) atoms. The predicted octanol–water partition coefficient (Wildman–Crippen LogP) is 1.78. The predicted molar refractivity (Wildman–Crippen MR) is 98.2 cm³/mol. The van der Waals surface area contributed by atoms with Crippen molar-refractivity contribution in [2.75, 3.05) is 11.9 Å². The Morgan fingerprint density at radius 3 is 2.88 bits per heavy atom. The van der Waals surface area contributed by atoms with E-state index in [2.05, 4.69) is 10.3 Å². The Hall–Kier alpha value is -2.48. The van der Waals surface area contributed by atoms with Crippen molar-refractivity contribution in [3.63, 3.8) is 0 Å². The van der Waals surface area contributed by atoms with Crippen LogP contribution >= 0.6 is 11.3 Å². The molecule has 0 radical (unpaired) electrons. The highest BCUT2D eigenvalue weighted by Crippen LogP contribution is 2.31. The Bertz CT molecular complexity index is 929. The van der Waals surface area contributed by atoms with E-state index in [-0.39, 0.29) is 28.9 Å². The molecular weight excluding hydrogens is 352 g/mol. The normalized spacial score (nSPS) is 16.7. The van der Waals surface area contributed by atoms with Crippen molar-refractivity contribution in [2.45, 2.75) is 32.2 Å². The molecule has 0 aromatic carbocycles. The lowest BCUT2D eigenvalue weighted by atomic mass is 9.85. The highest BCUT2D eigenvalue weighted by molar-refractivity contribution is 7.15. The smallest absolute Gasteiger partial charge is 0.263 e. The molecule has 1 saturated carbocycles. The average Bonchev–Trinajstić information content (AvgIpc) is 2.96. The third-order valence-electron chi connectivity index (χ3n) is 5.08. The summed E-state index contributed by atoms with van der Waals surface area (Å²) in [6.07, 6.45) is 5.27. The molecule has 2 aromatic rings. The molecule has 8 heteroatoms. The van der Waals surface area contributed by atoms with E-state index in [1.54, 1.807) is 30.3 Å². The Morgan fingerprint density at radius 2 is 2.15 bits per heavy atom. The van der Waals surface area contributed by atoms with Gasteiger partial charge < -0.3 is 14.8 Å². The second-order valence-corrected chi connectivity index (χ2v) is 7.90. The van der Waals surface area contributed by atoms with Crippen LogP contribution in [-0.4, -0.2) is 32.8 Å². The van der Waals surface area contributed by atoms with Gasteiger partial charge in [0.15, 0.2) is 5.13 Å². The number of hydrogen-bond acceptors (Lipinski definition) is 5. The Labute approximate surface area is 154 Å².